The molecule has 1 aliphatic carbocycles. The molecule has 0 heterocycles. The van der Waals surface area contributed by atoms with Crippen LogP contribution in [0.4, 0.5) is 0 Å². The third-order valence-corrected chi connectivity index (χ3v) is 2.79. The summed E-state index contributed by atoms with van der Waals surface area (Å²) in [5, 5.41) is 9.36. The summed E-state index contributed by atoms with van der Waals surface area (Å²) < 4.78 is 0. The molecular formula is C19H31Cl2OSiTi-. The van der Waals surface area contributed by atoms with Crippen LogP contribution < -0.4 is 0 Å². The Balaban J connectivity index is -0.000000143. The first-order valence-corrected chi connectivity index (χ1v) is 9.34. The average Bonchev–Trinajstić information content (AvgIpc) is 2.80. The van der Waals surface area contributed by atoms with Crippen LogP contribution in [-0.2, 0) is 27.1 Å². The first-order chi connectivity index (χ1) is 9.70. The normalized spacial score (nSPS) is 11.2. The average molecular weight is 422 g/mol. The number of hydrogen-bond donors (Lipinski definition) is 1. The molecule has 0 saturated carbocycles. The van der Waals surface area contributed by atoms with Crippen molar-refractivity contribution >= 4 is 34.3 Å². The molecule has 136 valence electrons. The topological polar surface area (TPSA) is 20.2 Å². The van der Waals surface area contributed by atoms with Crippen molar-refractivity contribution in [3.63, 3.8) is 0 Å². The Morgan fingerprint density at radius 3 is 1.79 bits per heavy atom. The number of phenols is 1. The standard InChI is InChI=1S/C11H16O.C6H7.C2H6Si.2ClH.Ti/c1-8-5-9(11(2,3)4)7-10(12)6-8;1-6-4-2-3-5-6;1-3-2;;;/h5-7,12H,1-4H3;2,4H,3H2,1H3;1-2H3;2*1H;/q;-1;;;;. The molecule has 1 aromatic rings. The van der Waals surface area contributed by atoms with Crippen molar-refractivity contribution < 1.29 is 26.8 Å². The Morgan fingerprint density at radius 1 is 1.04 bits per heavy atom. The maximum atomic E-state index is 9.36. The zero-order valence-corrected chi connectivity index (χ0v) is 20.1. The minimum atomic E-state index is 0. The Hall–Kier alpha value is 0.0112. The van der Waals surface area contributed by atoms with E-state index in [-0.39, 0.29) is 51.9 Å². The van der Waals surface area contributed by atoms with E-state index in [0.29, 0.717) is 5.75 Å². The molecule has 1 N–H and O–H groups in total. The molecule has 1 aromatic carbocycles. The fourth-order valence-corrected chi connectivity index (χ4v) is 1.71. The summed E-state index contributed by atoms with van der Waals surface area (Å²) in [7, 11) is 1.08. The number of allylic oxidation sites excluding steroid dienone is 4. The van der Waals surface area contributed by atoms with Gasteiger partial charge in [0.2, 0.25) is 0 Å². The number of phenolic OH excluding ortho intramolecular Hbond substituents is 1. The molecule has 0 amide bonds. The van der Waals surface area contributed by atoms with Crippen LogP contribution in [0.3, 0.4) is 0 Å². The maximum Gasteiger partial charge on any atom is 0.116 e. The zero-order valence-electron chi connectivity index (χ0n) is 15.9. The van der Waals surface area contributed by atoms with Gasteiger partial charge in [-0.2, -0.15) is 6.08 Å². The molecule has 0 unspecified atom stereocenters. The smallest absolute Gasteiger partial charge is 0.116 e. The molecule has 5 heteroatoms. The summed E-state index contributed by atoms with van der Waals surface area (Å²) in [4.78, 5) is 0. The van der Waals surface area contributed by atoms with Crippen LogP contribution in [0.1, 0.15) is 45.2 Å². The second-order valence-corrected chi connectivity index (χ2v) is 7.27. The van der Waals surface area contributed by atoms with Gasteiger partial charge in [-0.05, 0) is 35.6 Å². The van der Waals surface area contributed by atoms with Crippen molar-refractivity contribution in [1.29, 1.82) is 0 Å². The summed E-state index contributed by atoms with van der Waals surface area (Å²) >= 11 is 0. The summed E-state index contributed by atoms with van der Waals surface area (Å²) in [6.07, 6.45) is 8.33. The largest absolute Gasteiger partial charge is 0.508 e. The van der Waals surface area contributed by atoms with Gasteiger partial charge >= 0.3 is 0 Å². The van der Waals surface area contributed by atoms with Crippen LogP contribution in [0.25, 0.3) is 0 Å². The van der Waals surface area contributed by atoms with Gasteiger partial charge in [0.15, 0.2) is 0 Å². The first kappa shape index (κ1) is 31.8. The van der Waals surface area contributed by atoms with Gasteiger partial charge < -0.3 is 5.11 Å². The molecule has 0 aromatic heterocycles. The fraction of sp³-hybridized carbons (Fsp3) is 0.474. The number of rotatable bonds is 0. The second kappa shape index (κ2) is 16.5. The SMILES string of the molecule is CC1=[C-]CC=C1.C[Si]C.Cc1cc(O)cc(C(C)(C)C)c1.Cl.Cl.[Ti]. The minimum Gasteiger partial charge on any atom is -0.508 e. The van der Waals surface area contributed by atoms with Crippen LogP contribution in [0, 0.1) is 13.0 Å². The van der Waals surface area contributed by atoms with Gasteiger partial charge in [-0.25, -0.2) is 11.6 Å². The molecular weight excluding hydrogens is 391 g/mol. The second-order valence-electron chi connectivity index (χ2n) is 6.27. The van der Waals surface area contributed by atoms with Crippen molar-refractivity contribution in [2.45, 2.75) is 59.5 Å². The van der Waals surface area contributed by atoms with Gasteiger partial charge in [-0.1, -0.05) is 46.9 Å². The molecule has 0 spiro atoms. The third kappa shape index (κ3) is 15.5. The van der Waals surface area contributed by atoms with Crippen LogP contribution in [0.5, 0.6) is 5.75 Å². The van der Waals surface area contributed by atoms with Gasteiger partial charge in [-0.15, -0.1) is 31.2 Å². The molecule has 0 saturated heterocycles. The van der Waals surface area contributed by atoms with Gasteiger partial charge in [0.05, 0.1) is 0 Å². The van der Waals surface area contributed by atoms with E-state index in [1.165, 1.54) is 11.1 Å². The first-order valence-electron chi connectivity index (χ1n) is 7.34. The van der Waals surface area contributed by atoms with Crippen molar-refractivity contribution in [3.8, 4) is 5.75 Å². The predicted octanol–water partition coefficient (Wildman–Crippen LogP) is 6.32. The van der Waals surface area contributed by atoms with Gasteiger partial charge in [-0.3, -0.25) is 6.08 Å². The molecule has 1 aliphatic rings. The Kier molecular flexibility index (Phi) is 21.8. The number of halogens is 2. The molecule has 0 aliphatic heterocycles. The van der Waals surface area contributed by atoms with E-state index in [4.69, 9.17) is 0 Å². The van der Waals surface area contributed by atoms with Crippen molar-refractivity contribution in [2.75, 3.05) is 0 Å². The van der Waals surface area contributed by atoms with Crippen molar-refractivity contribution in [2.24, 2.45) is 0 Å². The molecule has 2 radical (unpaired) electrons. The molecule has 0 atom stereocenters. The van der Waals surface area contributed by atoms with E-state index in [0.717, 1.165) is 21.5 Å². The number of aromatic hydroxyl groups is 1. The molecule has 1 nitrogen and oxygen atoms in total. The number of hydrogen-bond acceptors (Lipinski definition) is 1. The Bertz CT molecular complexity index is 472. The summed E-state index contributed by atoms with van der Waals surface area (Å²) in [5.74, 6) is 0.361. The molecule has 0 fully saturated rings. The molecule has 2 rings (SSSR count). The van der Waals surface area contributed by atoms with Gasteiger partial charge in [0, 0.05) is 31.2 Å². The van der Waals surface area contributed by atoms with E-state index in [1.807, 2.05) is 13.0 Å². The Morgan fingerprint density at radius 2 is 1.54 bits per heavy atom. The minimum absolute atomic E-state index is 0. The number of aryl methyl sites for hydroxylation is 1. The maximum absolute atomic E-state index is 9.36. The van der Waals surface area contributed by atoms with E-state index in [9.17, 15) is 5.11 Å². The van der Waals surface area contributed by atoms with Crippen LogP contribution in [0.2, 0.25) is 13.1 Å². The summed E-state index contributed by atoms with van der Waals surface area (Å²) in [6, 6.07) is 5.71. The van der Waals surface area contributed by atoms with Crippen LogP contribution >= 0.6 is 24.8 Å². The monoisotopic (exact) mass is 421 g/mol. The summed E-state index contributed by atoms with van der Waals surface area (Å²) in [6.45, 7) is 14.8. The Labute approximate surface area is 178 Å². The molecule has 0 bridgehead atoms. The van der Waals surface area contributed by atoms with E-state index in [1.54, 1.807) is 6.07 Å². The zero-order chi connectivity index (χ0) is 16.5. The number of benzene rings is 1. The quantitative estimate of drug-likeness (QED) is 0.383. The van der Waals surface area contributed by atoms with E-state index < -0.39 is 0 Å². The molecule has 24 heavy (non-hydrogen) atoms. The van der Waals surface area contributed by atoms with Crippen LogP contribution in [0.15, 0.2) is 35.9 Å². The fourth-order valence-electron chi connectivity index (χ4n) is 1.71. The van der Waals surface area contributed by atoms with E-state index >= 15 is 0 Å². The van der Waals surface area contributed by atoms with Crippen molar-refractivity contribution in [1.82, 2.24) is 0 Å². The van der Waals surface area contributed by atoms with Crippen LogP contribution in [-0.4, -0.2) is 14.6 Å². The van der Waals surface area contributed by atoms with Crippen molar-refractivity contribution in [3.05, 3.63) is 53.1 Å². The van der Waals surface area contributed by atoms with Gasteiger partial charge in [0.25, 0.3) is 0 Å². The predicted molar refractivity (Wildman–Crippen MR) is 110 cm³/mol. The summed E-state index contributed by atoms with van der Waals surface area (Å²) in [5.41, 5.74) is 3.68. The third-order valence-electron chi connectivity index (χ3n) is 2.79. The van der Waals surface area contributed by atoms with E-state index in [2.05, 4.69) is 65.1 Å². The van der Waals surface area contributed by atoms with Gasteiger partial charge in [0.1, 0.15) is 5.75 Å².